The topological polar surface area (TPSA) is 37.3 Å². The van der Waals surface area contributed by atoms with Crippen molar-refractivity contribution in [3.63, 3.8) is 0 Å². The molecule has 19 heavy (non-hydrogen) atoms. The van der Waals surface area contributed by atoms with Crippen molar-refractivity contribution in [3.8, 4) is 0 Å². The third-order valence-corrected chi connectivity index (χ3v) is 2.99. The maximum Gasteiger partial charge on any atom is 0.303 e. The number of benzene rings is 1. The van der Waals surface area contributed by atoms with E-state index in [1.165, 1.54) is 20.8 Å². The number of carboxylic acid groups (broad SMARTS) is 1. The number of hydrogen-bond acceptors (Lipinski definition) is 1. The van der Waals surface area contributed by atoms with Crippen LogP contribution in [0, 0.1) is 25.6 Å². The number of carboxylic acids is 1. The van der Waals surface area contributed by atoms with E-state index in [0.29, 0.717) is 0 Å². The molecular weight excluding hydrogens is 257 g/mol. The summed E-state index contributed by atoms with van der Waals surface area (Å²) in [6, 6.07) is 2.24. The molecule has 0 saturated heterocycles. The quantitative estimate of drug-likeness (QED) is 0.880. The summed E-state index contributed by atoms with van der Waals surface area (Å²) < 4.78 is 41.5. The molecule has 0 bridgehead atoms. The Hall–Kier alpha value is -1.52. The van der Waals surface area contributed by atoms with E-state index in [2.05, 4.69) is 0 Å². The van der Waals surface area contributed by atoms with Crippen molar-refractivity contribution in [1.82, 2.24) is 0 Å². The zero-order valence-corrected chi connectivity index (χ0v) is 11.1. The Kier molecular flexibility index (Phi) is 4.61. The maximum atomic E-state index is 14.0. The third-order valence-electron chi connectivity index (χ3n) is 2.99. The van der Waals surface area contributed by atoms with Gasteiger partial charge in [-0.05, 0) is 43.0 Å². The number of rotatable bonds is 5. The molecule has 0 aliphatic heterocycles. The minimum atomic E-state index is -3.15. The summed E-state index contributed by atoms with van der Waals surface area (Å²) in [7, 11) is 0. The lowest BCUT2D eigenvalue weighted by molar-refractivity contribution is -0.138. The highest BCUT2D eigenvalue weighted by molar-refractivity contribution is 5.66. The lowest BCUT2D eigenvalue weighted by atomic mass is 9.93. The number of aliphatic carboxylic acids is 1. The van der Waals surface area contributed by atoms with Gasteiger partial charge in [-0.15, -0.1) is 0 Å². The average molecular weight is 274 g/mol. The fourth-order valence-electron chi connectivity index (χ4n) is 2.08. The van der Waals surface area contributed by atoms with Crippen molar-refractivity contribution < 1.29 is 23.1 Å². The largest absolute Gasteiger partial charge is 0.481 e. The molecule has 0 heterocycles. The Balaban J connectivity index is 2.96. The van der Waals surface area contributed by atoms with Gasteiger partial charge in [-0.1, -0.05) is 6.92 Å². The van der Waals surface area contributed by atoms with Crippen LogP contribution in [0.1, 0.15) is 36.5 Å². The van der Waals surface area contributed by atoms with Crippen molar-refractivity contribution in [2.24, 2.45) is 5.92 Å². The zero-order valence-electron chi connectivity index (χ0n) is 11.1. The summed E-state index contributed by atoms with van der Waals surface area (Å²) in [4.78, 5) is 10.5. The molecule has 0 aliphatic rings. The van der Waals surface area contributed by atoms with Gasteiger partial charge in [0.1, 0.15) is 5.82 Å². The van der Waals surface area contributed by atoms with Crippen molar-refractivity contribution in [1.29, 1.82) is 0 Å². The summed E-state index contributed by atoms with van der Waals surface area (Å²) >= 11 is 0. The van der Waals surface area contributed by atoms with E-state index in [1.54, 1.807) is 0 Å². The maximum absolute atomic E-state index is 14.0. The fraction of sp³-hybridized carbons (Fsp3) is 0.500. The van der Waals surface area contributed by atoms with Crippen molar-refractivity contribution in [2.45, 2.75) is 39.5 Å². The van der Waals surface area contributed by atoms with Crippen molar-refractivity contribution in [3.05, 3.63) is 34.6 Å². The molecule has 1 aromatic carbocycles. The molecule has 0 aromatic heterocycles. The Labute approximate surface area is 110 Å². The highest BCUT2D eigenvalue weighted by Gasteiger charge is 2.34. The summed E-state index contributed by atoms with van der Waals surface area (Å²) in [5.74, 6) is -5.40. The van der Waals surface area contributed by atoms with Crippen LogP contribution in [0.5, 0.6) is 0 Å². The van der Waals surface area contributed by atoms with E-state index >= 15 is 0 Å². The second kappa shape index (κ2) is 5.63. The lowest BCUT2D eigenvalue weighted by Gasteiger charge is -2.21. The minimum Gasteiger partial charge on any atom is -0.481 e. The van der Waals surface area contributed by atoms with Crippen LogP contribution >= 0.6 is 0 Å². The van der Waals surface area contributed by atoms with E-state index in [1.807, 2.05) is 0 Å². The lowest BCUT2D eigenvalue weighted by Crippen LogP contribution is -2.19. The second-order valence-corrected chi connectivity index (χ2v) is 5.04. The van der Waals surface area contributed by atoms with Crippen molar-refractivity contribution >= 4 is 5.97 Å². The zero-order chi connectivity index (χ0) is 14.8. The summed E-state index contributed by atoms with van der Waals surface area (Å²) in [5, 5.41) is 8.58. The average Bonchev–Trinajstić information content (AvgIpc) is 2.22. The summed E-state index contributed by atoms with van der Waals surface area (Å²) in [6.07, 6.45) is -0.876. The molecule has 2 nitrogen and oxygen atoms in total. The van der Waals surface area contributed by atoms with Crippen LogP contribution in [0.25, 0.3) is 0 Å². The number of hydrogen-bond donors (Lipinski definition) is 1. The van der Waals surface area contributed by atoms with Gasteiger partial charge in [0, 0.05) is 18.4 Å². The molecule has 1 rings (SSSR count). The molecule has 0 spiro atoms. The van der Waals surface area contributed by atoms with Crippen LogP contribution in [0.15, 0.2) is 12.1 Å². The molecule has 0 fully saturated rings. The van der Waals surface area contributed by atoms with Crippen LogP contribution < -0.4 is 0 Å². The van der Waals surface area contributed by atoms with Gasteiger partial charge in [0.15, 0.2) is 0 Å². The molecule has 1 aromatic rings. The van der Waals surface area contributed by atoms with E-state index < -0.39 is 30.0 Å². The van der Waals surface area contributed by atoms with Gasteiger partial charge in [-0.25, -0.2) is 13.2 Å². The van der Waals surface area contributed by atoms with Crippen LogP contribution in [0.2, 0.25) is 0 Å². The first-order valence-corrected chi connectivity index (χ1v) is 6.00. The molecule has 1 atom stereocenters. The molecule has 1 unspecified atom stereocenters. The van der Waals surface area contributed by atoms with Gasteiger partial charge >= 0.3 is 5.97 Å². The molecule has 0 amide bonds. The number of alkyl halides is 2. The minimum absolute atomic E-state index is 0.167. The Morgan fingerprint density at radius 2 is 1.79 bits per heavy atom. The van der Waals surface area contributed by atoms with Crippen LogP contribution in [0.3, 0.4) is 0 Å². The molecular formula is C14H17F3O2. The van der Waals surface area contributed by atoms with Crippen molar-refractivity contribution in [2.75, 3.05) is 0 Å². The fourth-order valence-corrected chi connectivity index (χ4v) is 2.08. The van der Waals surface area contributed by atoms with Gasteiger partial charge in [0.25, 0.3) is 5.92 Å². The van der Waals surface area contributed by atoms with Crippen LogP contribution in [0.4, 0.5) is 13.2 Å². The normalized spacial score (nSPS) is 13.4. The van der Waals surface area contributed by atoms with E-state index in [4.69, 9.17) is 5.11 Å². The van der Waals surface area contributed by atoms with Crippen LogP contribution in [-0.4, -0.2) is 11.1 Å². The number of carbonyl (C=O) groups is 1. The monoisotopic (exact) mass is 274 g/mol. The number of aryl methyl sites for hydroxylation is 2. The Morgan fingerprint density at radius 3 is 2.21 bits per heavy atom. The molecule has 106 valence electrons. The predicted molar refractivity (Wildman–Crippen MR) is 65.8 cm³/mol. The van der Waals surface area contributed by atoms with Gasteiger partial charge in [-0.2, -0.15) is 0 Å². The first kappa shape index (κ1) is 15.5. The standard InChI is InChI=1S/C14H17F3O2/c1-8(4-12(18)19)7-14(16,17)11-5-9(2)13(15)10(3)6-11/h5-6,8H,4,7H2,1-3H3,(H,18,19). The highest BCUT2D eigenvalue weighted by Crippen LogP contribution is 2.36. The molecule has 1 N–H and O–H groups in total. The van der Waals surface area contributed by atoms with Gasteiger partial charge < -0.3 is 5.11 Å². The Bertz CT molecular complexity index is 461. The van der Waals surface area contributed by atoms with E-state index in [0.717, 1.165) is 12.1 Å². The molecule has 0 aliphatic carbocycles. The SMILES string of the molecule is Cc1cc(C(F)(F)CC(C)CC(=O)O)cc(C)c1F. The predicted octanol–water partition coefficient (Wildman–Crippen LogP) is 4.04. The molecule has 5 heteroatoms. The molecule has 0 saturated carbocycles. The smallest absolute Gasteiger partial charge is 0.303 e. The second-order valence-electron chi connectivity index (χ2n) is 5.04. The molecule has 0 radical (unpaired) electrons. The summed E-state index contributed by atoms with van der Waals surface area (Å²) in [5.41, 5.74) is 0.0715. The van der Waals surface area contributed by atoms with E-state index in [-0.39, 0.29) is 23.1 Å². The summed E-state index contributed by atoms with van der Waals surface area (Å²) in [6.45, 7) is 4.33. The van der Waals surface area contributed by atoms with Gasteiger partial charge in [0.05, 0.1) is 0 Å². The first-order chi connectivity index (χ1) is 8.63. The van der Waals surface area contributed by atoms with Gasteiger partial charge in [-0.3, -0.25) is 4.79 Å². The van der Waals surface area contributed by atoms with Crippen LogP contribution in [-0.2, 0) is 10.7 Å². The van der Waals surface area contributed by atoms with Gasteiger partial charge in [0.2, 0.25) is 0 Å². The highest BCUT2D eigenvalue weighted by atomic mass is 19.3. The third kappa shape index (κ3) is 3.98. The number of halogens is 3. The van der Waals surface area contributed by atoms with E-state index in [9.17, 15) is 18.0 Å². The first-order valence-electron chi connectivity index (χ1n) is 6.00. The Morgan fingerprint density at radius 1 is 1.32 bits per heavy atom.